The van der Waals surface area contributed by atoms with Crippen LogP contribution in [0.3, 0.4) is 0 Å². The highest BCUT2D eigenvalue weighted by atomic mass is 16.4. The lowest BCUT2D eigenvalue weighted by Gasteiger charge is -2.21. The summed E-state index contributed by atoms with van der Waals surface area (Å²) < 4.78 is 0. The minimum Gasteiger partial charge on any atom is -0.481 e. The molecule has 5 nitrogen and oxygen atoms in total. The van der Waals surface area contributed by atoms with Crippen molar-refractivity contribution in [2.45, 2.75) is 32.7 Å². The summed E-state index contributed by atoms with van der Waals surface area (Å²) in [6.45, 7) is 4.94. The van der Waals surface area contributed by atoms with Gasteiger partial charge < -0.3 is 15.3 Å². The number of carbonyl (C=O) groups excluding carboxylic acids is 1. The average Bonchev–Trinajstić information content (AvgIpc) is 2.74. The maximum absolute atomic E-state index is 11.8. The van der Waals surface area contributed by atoms with Gasteiger partial charge in [-0.1, -0.05) is 26.0 Å². The van der Waals surface area contributed by atoms with Crippen LogP contribution < -0.4 is 5.32 Å². The molecular formula is C13H22N2O3. The van der Waals surface area contributed by atoms with E-state index in [1.165, 1.54) is 0 Å². The van der Waals surface area contributed by atoms with E-state index < -0.39 is 11.9 Å². The number of rotatable bonds is 5. The molecule has 0 saturated carbocycles. The molecule has 2 N–H and O–H groups in total. The van der Waals surface area contributed by atoms with Crippen LogP contribution in [-0.2, 0) is 4.79 Å². The molecule has 0 saturated heterocycles. The first-order chi connectivity index (χ1) is 8.40. The van der Waals surface area contributed by atoms with Crippen molar-refractivity contribution in [1.29, 1.82) is 0 Å². The van der Waals surface area contributed by atoms with Gasteiger partial charge in [0, 0.05) is 13.6 Å². The van der Waals surface area contributed by atoms with E-state index in [1.807, 2.05) is 0 Å². The third-order valence-corrected chi connectivity index (χ3v) is 3.10. The van der Waals surface area contributed by atoms with Crippen LogP contribution in [0, 0.1) is 11.8 Å². The Balaban J connectivity index is 2.33. The topological polar surface area (TPSA) is 69.6 Å². The Labute approximate surface area is 108 Å². The molecule has 5 heteroatoms. The Morgan fingerprint density at radius 3 is 2.61 bits per heavy atom. The number of amides is 2. The quantitative estimate of drug-likeness (QED) is 0.734. The Kier molecular flexibility index (Phi) is 5.19. The van der Waals surface area contributed by atoms with Crippen LogP contribution in [0.1, 0.15) is 26.7 Å². The third kappa shape index (κ3) is 4.39. The van der Waals surface area contributed by atoms with E-state index in [0.717, 1.165) is 6.42 Å². The summed E-state index contributed by atoms with van der Waals surface area (Å²) in [6, 6.07) is -0.309. The Morgan fingerprint density at radius 2 is 2.11 bits per heavy atom. The molecule has 0 aromatic carbocycles. The summed E-state index contributed by atoms with van der Waals surface area (Å²) >= 11 is 0. The van der Waals surface area contributed by atoms with Crippen molar-refractivity contribution >= 4 is 12.0 Å². The molecule has 0 radical (unpaired) electrons. The highest BCUT2D eigenvalue weighted by molar-refractivity contribution is 5.76. The summed E-state index contributed by atoms with van der Waals surface area (Å²) in [5.41, 5.74) is 0. The van der Waals surface area contributed by atoms with E-state index >= 15 is 0 Å². The van der Waals surface area contributed by atoms with Gasteiger partial charge in [-0.15, -0.1) is 0 Å². The SMILES string of the molecule is CC(C)CCN(C)C(=O)NC1C=CC(C(=O)O)C1. The second-order valence-corrected chi connectivity index (χ2v) is 5.23. The molecule has 1 rings (SSSR count). The number of carboxylic acid groups (broad SMARTS) is 1. The maximum Gasteiger partial charge on any atom is 0.317 e. The smallest absolute Gasteiger partial charge is 0.317 e. The zero-order chi connectivity index (χ0) is 13.7. The minimum absolute atomic E-state index is 0.142. The van der Waals surface area contributed by atoms with E-state index in [9.17, 15) is 9.59 Å². The van der Waals surface area contributed by atoms with E-state index in [4.69, 9.17) is 5.11 Å². The molecule has 102 valence electrons. The fraction of sp³-hybridized carbons (Fsp3) is 0.692. The van der Waals surface area contributed by atoms with Crippen molar-refractivity contribution in [3.63, 3.8) is 0 Å². The van der Waals surface area contributed by atoms with Crippen LogP contribution in [0.2, 0.25) is 0 Å². The van der Waals surface area contributed by atoms with Gasteiger partial charge in [-0.05, 0) is 18.8 Å². The zero-order valence-corrected chi connectivity index (χ0v) is 11.2. The molecular weight excluding hydrogens is 232 g/mol. The lowest BCUT2D eigenvalue weighted by Crippen LogP contribution is -2.42. The number of carbonyl (C=O) groups is 2. The van der Waals surface area contributed by atoms with Gasteiger partial charge in [-0.2, -0.15) is 0 Å². The fourth-order valence-corrected chi connectivity index (χ4v) is 1.81. The van der Waals surface area contributed by atoms with Crippen LogP contribution in [0.15, 0.2) is 12.2 Å². The van der Waals surface area contributed by atoms with Gasteiger partial charge >= 0.3 is 12.0 Å². The molecule has 2 unspecified atom stereocenters. The van der Waals surface area contributed by atoms with Crippen molar-refractivity contribution in [2.75, 3.05) is 13.6 Å². The minimum atomic E-state index is -0.837. The summed E-state index contributed by atoms with van der Waals surface area (Å²) in [5, 5.41) is 11.7. The summed E-state index contributed by atoms with van der Waals surface area (Å²) in [4.78, 5) is 24.2. The van der Waals surface area contributed by atoms with Crippen molar-refractivity contribution in [1.82, 2.24) is 10.2 Å². The average molecular weight is 254 g/mol. The van der Waals surface area contributed by atoms with Crippen molar-refractivity contribution in [3.8, 4) is 0 Å². The molecule has 0 aromatic heterocycles. The number of hydrogen-bond acceptors (Lipinski definition) is 2. The van der Waals surface area contributed by atoms with Crippen LogP contribution in [0.5, 0.6) is 0 Å². The molecule has 0 aliphatic heterocycles. The number of hydrogen-bond donors (Lipinski definition) is 2. The van der Waals surface area contributed by atoms with Crippen LogP contribution in [0.25, 0.3) is 0 Å². The maximum atomic E-state index is 11.8. The van der Waals surface area contributed by atoms with Crippen molar-refractivity contribution < 1.29 is 14.7 Å². The molecule has 2 amide bonds. The number of nitrogens with one attached hydrogen (secondary N) is 1. The van der Waals surface area contributed by atoms with Gasteiger partial charge in [0.25, 0.3) is 0 Å². The second-order valence-electron chi connectivity index (χ2n) is 5.23. The summed E-state index contributed by atoms with van der Waals surface area (Å²) in [5.74, 6) is -0.754. The predicted molar refractivity (Wildman–Crippen MR) is 69.3 cm³/mol. The summed E-state index contributed by atoms with van der Waals surface area (Å²) in [7, 11) is 1.76. The van der Waals surface area contributed by atoms with E-state index in [2.05, 4.69) is 19.2 Å². The number of urea groups is 1. The second kappa shape index (κ2) is 6.42. The van der Waals surface area contributed by atoms with Gasteiger partial charge in [0.15, 0.2) is 0 Å². The zero-order valence-electron chi connectivity index (χ0n) is 11.2. The van der Waals surface area contributed by atoms with Gasteiger partial charge in [0.05, 0.1) is 12.0 Å². The molecule has 2 atom stereocenters. The van der Waals surface area contributed by atoms with Crippen LogP contribution in [0.4, 0.5) is 4.79 Å². The molecule has 0 bridgehead atoms. The fourth-order valence-electron chi connectivity index (χ4n) is 1.81. The highest BCUT2D eigenvalue weighted by Gasteiger charge is 2.25. The van der Waals surface area contributed by atoms with Crippen molar-refractivity contribution in [3.05, 3.63) is 12.2 Å². The van der Waals surface area contributed by atoms with Crippen LogP contribution in [-0.4, -0.2) is 41.6 Å². The molecule has 0 fully saturated rings. The Bertz CT molecular complexity index is 339. The first kappa shape index (κ1) is 14.5. The lowest BCUT2D eigenvalue weighted by molar-refractivity contribution is -0.140. The monoisotopic (exact) mass is 254 g/mol. The van der Waals surface area contributed by atoms with Gasteiger partial charge in [-0.25, -0.2) is 4.79 Å². The number of aliphatic carboxylic acids is 1. The first-order valence-electron chi connectivity index (χ1n) is 6.33. The van der Waals surface area contributed by atoms with Gasteiger partial charge in [0.1, 0.15) is 0 Å². The molecule has 0 heterocycles. The molecule has 0 spiro atoms. The Morgan fingerprint density at radius 1 is 1.44 bits per heavy atom. The Hall–Kier alpha value is -1.52. The van der Waals surface area contributed by atoms with E-state index in [-0.39, 0.29) is 12.1 Å². The van der Waals surface area contributed by atoms with Crippen LogP contribution >= 0.6 is 0 Å². The normalized spacial score (nSPS) is 22.2. The number of nitrogens with zero attached hydrogens (tertiary/aromatic N) is 1. The molecule has 1 aliphatic rings. The van der Waals surface area contributed by atoms with Gasteiger partial charge in [0.2, 0.25) is 0 Å². The standard InChI is InChI=1S/C13H22N2O3/c1-9(2)6-7-15(3)13(18)14-11-5-4-10(8-11)12(16)17/h4-5,9-11H,6-8H2,1-3H3,(H,14,18)(H,16,17). The summed E-state index contributed by atoms with van der Waals surface area (Å²) in [6.07, 6.45) is 4.80. The third-order valence-electron chi connectivity index (χ3n) is 3.10. The van der Waals surface area contributed by atoms with Gasteiger partial charge in [-0.3, -0.25) is 4.79 Å². The first-order valence-corrected chi connectivity index (χ1v) is 6.33. The lowest BCUT2D eigenvalue weighted by atomic mass is 10.1. The van der Waals surface area contributed by atoms with E-state index in [1.54, 1.807) is 24.1 Å². The highest BCUT2D eigenvalue weighted by Crippen LogP contribution is 2.18. The van der Waals surface area contributed by atoms with Crippen molar-refractivity contribution in [2.24, 2.45) is 11.8 Å². The molecule has 1 aliphatic carbocycles. The molecule has 18 heavy (non-hydrogen) atoms. The number of carboxylic acids is 1. The molecule has 0 aromatic rings. The van der Waals surface area contributed by atoms with E-state index in [0.29, 0.717) is 18.9 Å². The predicted octanol–water partition coefficient (Wildman–Crippen LogP) is 1.70. The largest absolute Gasteiger partial charge is 0.481 e.